The largest absolute Gasteiger partial charge is 0.480 e. The second-order valence-corrected chi connectivity index (χ2v) is 9.12. The molecule has 5 rings (SSSR count). The number of carboxylic acid groups (broad SMARTS) is 1. The quantitative estimate of drug-likeness (QED) is 0.443. The van der Waals surface area contributed by atoms with Crippen molar-refractivity contribution >= 4 is 52.3 Å². The summed E-state index contributed by atoms with van der Waals surface area (Å²) in [5.74, 6) is -3.18. The van der Waals surface area contributed by atoms with E-state index in [0.717, 1.165) is 20.4 Å². The second-order valence-electron chi connectivity index (χ2n) is 7.82. The molecule has 8 nitrogen and oxygen atoms in total. The first kappa shape index (κ1) is 21.3. The lowest BCUT2D eigenvalue weighted by Crippen LogP contribution is -2.47. The van der Waals surface area contributed by atoms with Crippen molar-refractivity contribution in [2.75, 3.05) is 11.4 Å². The first-order valence-electron chi connectivity index (χ1n) is 9.99. The van der Waals surface area contributed by atoms with Gasteiger partial charge in [-0.3, -0.25) is 29.0 Å². The van der Waals surface area contributed by atoms with Gasteiger partial charge in [0.2, 0.25) is 17.7 Å². The zero-order valence-electron chi connectivity index (χ0n) is 17.0. The third-order valence-electron chi connectivity index (χ3n) is 5.83. The number of halogens is 1. The topological polar surface area (TPSA) is 108 Å². The Kier molecular flexibility index (Phi) is 5.02. The third kappa shape index (κ3) is 3.32. The lowest BCUT2D eigenvalue weighted by atomic mass is 9.80. The minimum atomic E-state index is -1.81. The van der Waals surface area contributed by atoms with Crippen molar-refractivity contribution in [2.24, 2.45) is 0 Å². The number of nitrogens with zero attached hydrogens (tertiary/aromatic N) is 3. The zero-order chi connectivity index (χ0) is 23.3. The van der Waals surface area contributed by atoms with Gasteiger partial charge >= 0.3 is 5.97 Å². The van der Waals surface area contributed by atoms with Crippen molar-refractivity contribution in [3.63, 3.8) is 0 Å². The molecule has 0 bridgehead atoms. The molecular weight excluding hydrogens is 466 g/mol. The van der Waals surface area contributed by atoms with Crippen LogP contribution in [-0.2, 0) is 31.1 Å². The van der Waals surface area contributed by atoms with Crippen molar-refractivity contribution in [1.29, 1.82) is 0 Å². The Balaban J connectivity index is 1.49. The summed E-state index contributed by atoms with van der Waals surface area (Å²) in [6.45, 7) is -0.700. The van der Waals surface area contributed by atoms with Crippen LogP contribution in [0.5, 0.6) is 0 Å². The smallest absolute Gasteiger partial charge is 0.323 e. The van der Waals surface area contributed by atoms with Crippen LogP contribution in [0.4, 0.5) is 5.69 Å². The highest BCUT2D eigenvalue weighted by Crippen LogP contribution is 2.49. The number of benzene rings is 2. The Morgan fingerprint density at radius 3 is 2.55 bits per heavy atom. The minimum absolute atomic E-state index is 0.0785. The number of thiazole rings is 1. The molecule has 1 aromatic heterocycles. The number of anilines is 1. The number of carbonyl (C=O) groups is 4. The van der Waals surface area contributed by atoms with Crippen LogP contribution < -0.4 is 4.90 Å². The molecule has 0 radical (unpaired) electrons. The van der Waals surface area contributed by atoms with Crippen molar-refractivity contribution in [1.82, 2.24) is 9.88 Å². The first-order valence-corrected chi connectivity index (χ1v) is 11.3. The Morgan fingerprint density at radius 2 is 1.82 bits per heavy atom. The summed E-state index contributed by atoms with van der Waals surface area (Å²) >= 11 is 7.53. The van der Waals surface area contributed by atoms with E-state index < -0.39 is 35.7 Å². The fraction of sp³-hybridized carbons (Fsp3) is 0.174. The number of hydrogen-bond donors (Lipinski definition) is 1. The van der Waals surface area contributed by atoms with Gasteiger partial charge in [0.25, 0.3) is 0 Å². The van der Waals surface area contributed by atoms with Crippen LogP contribution in [0, 0.1) is 0 Å². The number of likely N-dealkylation sites (tertiary alicyclic amines) is 1. The van der Waals surface area contributed by atoms with E-state index in [2.05, 4.69) is 4.98 Å². The van der Waals surface area contributed by atoms with Crippen molar-refractivity contribution in [3.05, 3.63) is 70.2 Å². The van der Waals surface area contributed by atoms with Gasteiger partial charge in [-0.25, -0.2) is 4.98 Å². The summed E-state index contributed by atoms with van der Waals surface area (Å²) in [7, 11) is 0. The maximum absolute atomic E-state index is 13.6. The van der Waals surface area contributed by atoms with Crippen molar-refractivity contribution in [3.8, 4) is 10.6 Å². The van der Waals surface area contributed by atoms with Crippen LogP contribution in [0.25, 0.3) is 10.6 Å². The zero-order valence-corrected chi connectivity index (χ0v) is 18.6. The lowest BCUT2D eigenvalue weighted by Gasteiger charge is -2.21. The number of imide groups is 1. The van der Waals surface area contributed by atoms with E-state index in [1.165, 1.54) is 29.5 Å². The molecule has 3 heterocycles. The molecule has 1 spiro atoms. The van der Waals surface area contributed by atoms with Crippen LogP contribution in [0.15, 0.2) is 53.9 Å². The van der Waals surface area contributed by atoms with Gasteiger partial charge in [0, 0.05) is 27.2 Å². The van der Waals surface area contributed by atoms with Gasteiger partial charge in [0.05, 0.1) is 18.7 Å². The molecule has 10 heteroatoms. The molecule has 1 atom stereocenters. The second kappa shape index (κ2) is 7.79. The van der Waals surface area contributed by atoms with E-state index in [-0.39, 0.29) is 29.2 Å². The van der Waals surface area contributed by atoms with Gasteiger partial charge in [-0.05, 0) is 18.2 Å². The number of carboxylic acids is 1. The lowest BCUT2D eigenvalue weighted by molar-refractivity contribution is -0.143. The van der Waals surface area contributed by atoms with E-state index in [9.17, 15) is 24.3 Å². The van der Waals surface area contributed by atoms with Crippen molar-refractivity contribution in [2.45, 2.75) is 18.4 Å². The molecule has 3 amide bonds. The monoisotopic (exact) mass is 481 g/mol. The van der Waals surface area contributed by atoms with Crippen LogP contribution in [0.1, 0.15) is 17.7 Å². The average Bonchev–Trinajstić information content (AvgIpc) is 3.42. The first-order chi connectivity index (χ1) is 15.8. The molecule has 2 aliphatic heterocycles. The molecule has 1 saturated heterocycles. The summed E-state index contributed by atoms with van der Waals surface area (Å²) < 4.78 is 0. The Hall–Kier alpha value is -3.56. The Labute approximate surface area is 197 Å². The van der Waals surface area contributed by atoms with Crippen LogP contribution >= 0.6 is 22.9 Å². The van der Waals surface area contributed by atoms with Gasteiger partial charge in [-0.2, -0.15) is 0 Å². The van der Waals surface area contributed by atoms with Crippen molar-refractivity contribution < 1.29 is 24.3 Å². The average molecular weight is 482 g/mol. The predicted molar refractivity (Wildman–Crippen MR) is 121 cm³/mol. The minimum Gasteiger partial charge on any atom is -0.480 e. The molecule has 2 aromatic carbocycles. The van der Waals surface area contributed by atoms with E-state index in [4.69, 9.17) is 11.6 Å². The molecule has 33 heavy (non-hydrogen) atoms. The highest BCUT2D eigenvalue weighted by atomic mass is 35.5. The standard InChI is InChI=1S/C23H16ClN3O5S/c24-14-6-7-17-16(8-14)23(21(31)26(17)11-19(29)30)9-18(28)27(22(23)32)10-15-12-33-20(25-15)13-4-2-1-3-5-13/h1-8,12H,9-11H2,(H,29,30). The number of aliphatic carboxylic acids is 1. The van der Waals surface area contributed by atoms with Gasteiger partial charge in [0.15, 0.2) is 5.41 Å². The molecule has 1 N–H and O–H groups in total. The van der Waals surface area contributed by atoms with E-state index in [1.54, 1.807) is 5.38 Å². The van der Waals surface area contributed by atoms with Crippen LogP contribution in [0.2, 0.25) is 5.02 Å². The number of rotatable bonds is 5. The molecule has 0 aliphatic carbocycles. The molecule has 0 saturated carbocycles. The number of carbonyl (C=O) groups excluding carboxylic acids is 3. The maximum Gasteiger partial charge on any atom is 0.323 e. The molecule has 2 aliphatic rings. The normalized spacial score (nSPS) is 19.6. The molecular formula is C23H16ClN3O5S. The summed E-state index contributed by atoms with van der Waals surface area (Å²) in [6.07, 6.45) is -0.385. The number of amides is 3. The Morgan fingerprint density at radius 1 is 1.09 bits per heavy atom. The van der Waals surface area contributed by atoms with Crippen LogP contribution in [-0.4, -0.2) is 45.2 Å². The highest BCUT2D eigenvalue weighted by Gasteiger charge is 2.64. The molecule has 166 valence electrons. The number of hydrogen-bond acceptors (Lipinski definition) is 6. The maximum atomic E-state index is 13.6. The summed E-state index contributed by atoms with van der Waals surface area (Å²) in [4.78, 5) is 57.9. The molecule has 1 fully saturated rings. The molecule has 1 unspecified atom stereocenters. The fourth-order valence-corrected chi connectivity index (χ4v) is 5.36. The number of aromatic nitrogens is 1. The van der Waals surface area contributed by atoms with E-state index in [1.807, 2.05) is 30.3 Å². The van der Waals surface area contributed by atoms with Gasteiger partial charge < -0.3 is 5.11 Å². The van der Waals surface area contributed by atoms with E-state index >= 15 is 0 Å². The highest BCUT2D eigenvalue weighted by molar-refractivity contribution is 7.13. The van der Waals surface area contributed by atoms with Crippen LogP contribution in [0.3, 0.4) is 0 Å². The predicted octanol–water partition coefficient (Wildman–Crippen LogP) is 3.09. The summed E-state index contributed by atoms with van der Waals surface area (Å²) in [5.41, 5.74) is 0.158. The third-order valence-corrected chi connectivity index (χ3v) is 7.01. The van der Waals surface area contributed by atoms with E-state index in [0.29, 0.717) is 5.69 Å². The summed E-state index contributed by atoms with van der Waals surface area (Å²) in [5, 5.41) is 12.1. The van der Waals surface area contributed by atoms with Gasteiger partial charge in [-0.15, -0.1) is 11.3 Å². The fourth-order valence-electron chi connectivity index (χ4n) is 4.37. The number of fused-ring (bicyclic) bond motifs is 2. The Bertz CT molecular complexity index is 1320. The molecule has 3 aromatic rings. The van der Waals surface area contributed by atoms with Gasteiger partial charge in [0.1, 0.15) is 11.6 Å². The SMILES string of the molecule is O=C(O)CN1C(=O)C2(CC(=O)N(Cc3csc(-c4ccccc4)n3)C2=O)c2cc(Cl)ccc21. The van der Waals surface area contributed by atoms with Gasteiger partial charge in [-0.1, -0.05) is 41.9 Å². The summed E-state index contributed by atoms with van der Waals surface area (Å²) in [6, 6.07) is 14.0.